The van der Waals surface area contributed by atoms with E-state index in [4.69, 9.17) is 11.6 Å². The van der Waals surface area contributed by atoms with E-state index in [0.29, 0.717) is 22.8 Å². The second-order valence-corrected chi connectivity index (χ2v) is 8.98. The Kier molecular flexibility index (Phi) is 6.98. The second-order valence-electron chi connectivity index (χ2n) is 8.58. The maximum absolute atomic E-state index is 12.8. The van der Waals surface area contributed by atoms with Crippen LogP contribution in [0.4, 0.5) is 0 Å². The second kappa shape index (κ2) is 9.28. The van der Waals surface area contributed by atoms with Gasteiger partial charge in [-0.3, -0.25) is 9.48 Å². The van der Waals surface area contributed by atoms with E-state index in [1.165, 1.54) is 12.8 Å². The molecule has 0 bridgehead atoms. The molecule has 1 aliphatic rings. The fourth-order valence-electron chi connectivity index (χ4n) is 3.82. The van der Waals surface area contributed by atoms with Gasteiger partial charge in [0.25, 0.3) is 5.91 Å². The molecular formula is C22H30ClN3O3. The zero-order valence-corrected chi connectivity index (χ0v) is 17.8. The lowest BCUT2D eigenvalue weighted by Gasteiger charge is -2.22. The Labute approximate surface area is 176 Å². The largest absolute Gasteiger partial charge is 0.389 e. The number of aromatic nitrogens is 2. The van der Waals surface area contributed by atoms with Crippen molar-refractivity contribution in [2.24, 2.45) is 5.92 Å². The monoisotopic (exact) mass is 419 g/mol. The Morgan fingerprint density at radius 1 is 1.28 bits per heavy atom. The molecule has 3 rings (SSSR count). The molecular weight excluding hydrogens is 390 g/mol. The summed E-state index contributed by atoms with van der Waals surface area (Å²) in [6.07, 6.45) is 7.31. The number of nitrogens with zero attached hydrogens (tertiary/aromatic N) is 2. The number of benzene rings is 1. The number of halogens is 1. The SMILES string of the molecule is CC(C)(O)Cn1ccc(-c2ccc(Cl)c(C(=O)NC(O)C3CCCCCC3)c2)n1. The Morgan fingerprint density at radius 3 is 2.62 bits per heavy atom. The highest BCUT2D eigenvalue weighted by Crippen LogP contribution is 2.27. The number of amides is 1. The van der Waals surface area contributed by atoms with Crippen molar-refractivity contribution in [1.82, 2.24) is 15.1 Å². The summed E-state index contributed by atoms with van der Waals surface area (Å²) in [6.45, 7) is 3.80. The molecule has 7 heteroatoms. The molecule has 1 aromatic carbocycles. The highest BCUT2D eigenvalue weighted by molar-refractivity contribution is 6.34. The third kappa shape index (κ3) is 6.04. The predicted molar refractivity (Wildman–Crippen MR) is 114 cm³/mol. The predicted octanol–water partition coefficient (Wildman–Crippen LogP) is 3.99. The third-order valence-corrected chi connectivity index (χ3v) is 5.65. The lowest BCUT2D eigenvalue weighted by Crippen LogP contribution is -2.40. The maximum atomic E-state index is 12.8. The van der Waals surface area contributed by atoms with E-state index < -0.39 is 11.8 Å². The van der Waals surface area contributed by atoms with Crippen LogP contribution < -0.4 is 5.32 Å². The molecule has 1 saturated carbocycles. The molecule has 1 unspecified atom stereocenters. The molecule has 1 aliphatic carbocycles. The zero-order chi connectivity index (χ0) is 21.0. The van der Waals surface area contributed by atoms with Crippen LogP contribution in [0, 0.1) is 5.92 Å². The summed E-state index contributed by atoms with van der Waals surface area (Å²) in [5, 5.41) is 28.0. The molecule has 1 fully saturated rings. The van der Waals surface area contributed by atoms with E-state index in [9.17, 15) is 15.0 Å². The van der Waals surface area contributed by atoms with E-state index in [1.54, 1.807) is 42.9 Å². The highest BCUT2D eigenvalue weighted by atomic mass is 35.5. The number of carbonyl (C=O) groups is 1. The molecule has 0 spiro atoms. The van der Waals surface area contributed by atoms with E-state index in [-0.39, 0.29) is 11.8 Å². The molecule has 3 N–H and O–H groups in total. The molecule has 1 atom stereocenters. The molecule has 0 aliphatic heterocycles. The first-order valence-electron chi connectivity index (χ1n) is 10.3. The van der Waals surface area contributed by atoms with Crippen LogP contribution in [0.25, 0.3) is 11.3 Å². The third-order valence-electron chi connectivity index (χ3n) is 5.32. The first-order valence-corrected chi connectivity index (χ1v) is 10.7. The van der Waals surface area contributed by atoms with Gasteiger partial charge in [0.05, 0.1) is 28.4 Å². The average molecular weight is 420 g/mol. The quantitative estimate of drug-likeness (QED) is 0.488. The van der Waals surface area contributed by atoms with Gasteiger partial charge in [-0.1, -0.05) is 43.4 Å². The lowest BCUT2D eigenvalue weighted by molar-refractivity contribution is 0.0531. The van der Waals surface area contributed by atoms with Gasteiger partial charge >= 0.3 is 0 Å². The molecule has 2 aromatic rings. The molecule has 0 saturated heterocycles. The number of aliphatic hydroxyl groups is 2. The number of aliphatic hydroxyl groups excluding tert-OH is 1. The van der Waals surface area contributed by atoms with Crippen molar-refractivity contribution in [3.8, 4) is 11.3 Å². The van der Waals surface area contributed by atoms with Crippen molar-refractivity contribution in [2.45, 2.75) is 70.7 Å². The molecule has 158 valence electrons. The molecule has 1 aromatic heterocycles. The summed E-state index contributed by atoms with van der Waals surface area (Å²) in [4.78, 5) is 12.8. The van der Waals surface area contributed by atoms with Crippen molar-refractivity contribution in [2.75, 3.05) is 0 Å². The summed E-state index contributed by atoms with van der Waals surface area (Å²) in [6, 6.07) is 6.99. The van der Waals surface area contributed by atoms with Crippen LogP contribution in [0.15, 0.2) is 30.5 Å². The van der Waals surface area contributed by atoms with Crippen molar-refractivity contribution in [3.63, 3.8) is 0 Å². The minimum absolute atomic E-state index is 0.0842. The van der Waals surface area contributed by atoms with Crippen molar-refractivity contribution in [3.05, 3.63) is 41.0 Å². The smallest absolute Gasteiger partial charge is 0.254 e. The summed E-state index contributed by atoms with van der Waals surface area (Å²) >= 11 is 6.27. The van der Waals surface area contributed by atoms with Crippen LogP contribution in [-0.4, -0.2) is 37.7 Å². The van der Waals surface area contributed by atoms with Gasteiger partial charge in [-0.25, -0.2) is 0 Å². The Balaban J connectivity index is 1.73. The van der Waals surface area contributed by atoms with Crippen molar-refractivity contribution < 1.29 is 15.0 Å². The van der Waals surface area contributed by atoms with Gasteiger partial charge in [0.1, 0.15) is 6.23 Å². The normalized spacial score (nSPS) is 17.0. The van der Waals surface area contributed by atoms with E-state index in [1.807, 2.05) is 6.07 Å². The summed E-state index contributed by atoms with van der Waals surface area (Å²) in [7, 11) is 0. The van der Waals surface area contributed by atoms with E-state index in [2.05, 4.69) is 10.4 Å². The number of rotatable bonds is 6. The van der Waals surface area contributed by atoms with Crippen LogP contribution in [-0.2, 0) is 6.54 Å². The molecule has 1 amide bonds. The van der Waals surface area contributed by atoms with Gasteiger partial charge in [0, 0.05) is 17.7 Å². The topological polar surface area (TPSA) is 87.4 Å². The van der Waals surface area contributed by atoms with Crippen LogP contribution in [0.2, 0.25) is 5.02 Å². The minimum Gasteiger partial charge on any atom is -0.389 e. The molecule has 6 nitrogen and oxygen atoms in total. The van der Waals surface area contributed by atoms with Gasteiger partial charge in [-0.05, 0) is 44.9 Å². The zero-order valence-electron chi connectivity index (χ0n) is 17.1. The van der Waals surface area contributed by atoms with Crippen molar-refractivity contribution >= 4 is 17.5 Å². The van der Waals surface area contributed by atoms with Gasteiger partial charge in [-0.15, -0.1) is 0 Å². The molecule has 1 heterocycles. The van der Waals surface area contributed by atoms with E-state index >= 15 is 0 Å². The van der Waals surface area contributed by atoms with Gasteiger partial charge in [0.2, 0.25) is 0 Å². The van der Waals surface area contributed by atoms with Gasteiger partial charge < -0.3 is 15.5 Å². The standard InChI is InChI=1S/C22H30ClN3O3/c1-22(2,29)14-26-12-11-19(25-26)16-9-10-18(23)17(13-16)21(28)24-20(27)15-7-5-3-4-6-8-15/h9-13,15,20,27,29H,3-8,14H2,1-2H3,(H,24,28). The van der Waals surface area contributed by atoms with Crippen molar-refractivity contribution in [1.29, 1.82) is 0 Å². The number of carbonyl (C=O) groups excluding carboxylic acids is 1. The minimum atomic E-state index is -0.873. The van der Waals surface area contributed by atoms with Gasteiger partial charge in [0.15, 0.2) is 0 Å². The summed E-state index contributed by atoms with van der Waals surface area (Å²) in [5.41, 5.74) is 0.874. The summed E-state index contributed by atoms with van der Waals surface area (Å²) in [5.74, 6) is -0.300. The number of hydrogen-bond donors (Lipinski definition) is 3. The summed E-state index contributed by atoms with van der Waals surface area (Å²) < 4.78 is 1.67. The highest BCUT2D eigenvalue weighted by Gasteiger charge is 2.24. The number of nitrogens with one attached hydrogen (secondary N) is 1. The van der Waals surface area contributed by atoms with Crippen LogP contribution in [0.3, 0.4) is 0 Å². The van der Waals surface area contributed by atoms with Crippen LogP contribution >= 0.6 is 11.6 Å². The first kappa shape index (κ1) is 21.8. The van der Waals surface area contributed by atoms with E-state index in [0.717, 1.165) is 31.2 Å². The van der Waals surface area contributed by atoms with Crippen LogP contribution in [0.5, 0.6) is 0 Å². The Hall–Kier alpha value is -1.89. The van der Waals surface area contributed by atoms with Gasteiger partial charge in [-0.2, -0.15) is 5.10 Å². The number of hydrogen-bond acceptors (Lipinski definition) is 4. The van der Waals surface area contributed by atoms with Crippen LogP contribution in [0.1, 0.15) is 62.7 Å². The fourth-order valence-corrected chi connectivity index (χ4v) is 4.02. The lowest BCUT2D eigenvalue weighted by atomic mass is 9.98. The molecule has 0 radical (unpaired) electrons. The fraction of sp³-hybridized carbons (Fsp3) is 0.545. The average Bonchev–Trinajstić information content (AvgIpc) is 2.92. The molecule has 29 heavy (non-hydrogen) atoms. The maximum Gasteiger partial charge on any atom is 0.254 e. The first-order chi connectivity index (χ1) is 13.7. The Morgan fingerprint density at radius 2 is 1.97 bits per heavy atom. The Bertz CT molecular complexity index is 836.